The van der Waals surface area contributed by atoms with Crippen molar-refractivity contribution in [1.29, 1.82) is 0 Å². The van der Waals surface area contributed by atoms with Crippen LogP contribution in [0, 0.1) is 5.82 Å². The average Bonchev–Trinajstić information content (AvgIpc) is 2.52. The van der Waals surface area contributed by atoms with E-state index >= 15 is 0 Å². The van der Waals surface area contributed by atoms with E-state index in [4.69, 9.17) is 9.47 Å². The minimum absolute atomic E-state index is 0.259. The fourth-order valence-corrected chi connectivity index (χ4v) is 2.85. The van der Waals surface area contributed by atoms with E-state index in [-0.39, 0.29) is 5.82 Å². The lowest BCUT2D eigenvalue weighted by molar-refractivity contribution is 0.0597. The molecule has 0 amide bonds. The van der Waals surface area contributed by atoms with Gasteiger partial charge in [0.05, 0.1) is 14.2 Å². The number of ether oxygens (including phenoxy) is 2. The summed E-state index contributed by atoms with van der Waals surface area (Å²) < 4.78 is 23.7. The highest BCUT2D eigenvalue weighted by Crippen LogP contribution is 2.31. The van der Waals surface area contributed by atoms with Crippen LogP contribution in [0.15, 0.2) is 47.4 Å². The third kappa shape index (κ3) is 3.55. The first-order chi connectivity index (χ1) is 10.2. The first-order valence-corrected chi connectivity index (χ1v) is 7.27. The molecule has 5 heteroatoms. The second kappa shape index (κ2) is 7.13. The molecule has 0 saturated heterocycles. The number of methoxy groups -OCH3 is 2. The van der Waals surface area contributed by atoms with Gasteiger partial charge in [0, 0.05) is 16.2 Å². The molecule has 2 aromatic carbocycles. The molecule has 3 nitrogen and oxygen atoms in total. The van der Waals surface area contributed by atoms with E-state index in [1.165, 1.54) is 32.0 Å². The van der Waals surface area contributed by atoms with Crippen molar-refractivity contribution in [3.63, 3.8) is 0 Å². The third-order valence-electron chi connectivity index (χ3n) is 2.93. The van der Waals surface area contributed by atoms with Gasteiger partial charge in [-0.15, -0.1) is 11.8 Å². The van der Waals surface area contributed by atoms with Crippen molar-refractivity contribution in [2.24, 2.45) is 0 Å². The molecule has 0 bridgehead atoms. The number of hydrogen-bond donors (Lipinski definition) is 0. The number of esters is 1. The van der Waals surface area contributed by atoms with Gasteiger partial charge in [-0.25, -0.2) is 9.18 Å². The maximum absolute atomic E-state index is 13.6. The molecule has 0 aliphatic carbocycles. The zero-order valence-electron chi connectivity index (χ0n) is 11.8. The molecule has 0 saturated carbocycles. The van der Waals surface area contributed by atoms with E-state index in [2.05, 4.69) is 0 Å². The normalized spacial score (nSPS) is 10.2. The number of halogens is 1. The fraction of sp³-hybridized carbons (Fsp3) is 0.188. The minimum atomic E-state index is -0.454. The molecule has 0 spiro atoms. The molecular weight excluding hydrogens is 291 g/mol. The summed E-state index contributed by atoms with van der Waals surface area (Å²) in [4.78, 5) is 12.3. The molecule has 0 aromatic heterocycles. The van der Waals surface area contributed by atoms with Crippen LogP contribution in [0.3, 0.4) is 0 Å². The van der Waals surface area contributed by atoms with Crippen LogP contribution in [0.2, 0.25) is 0 Å². The highest BCUT2D eigenvalue weighted by atomic mass is 32.2. The second-order valence-corrected chi connectivity index (χ2v) is 5.23. The molecule has 0 unspecified atom stereocenters. The number of carbonyl (C=O) groups is 1. The summed E-state index contributed by atoms with van der Waals surface area (Å²) in [5.74, 6) is 0.248. The largest absolute Gasteiger partial charge is 0.496 e. The second-order valence-electron chi connectivity index (χ2n) is 4.21. The number of carbonyl (C=O) groups excluding carboxylic acids is 1. The highest BCUT2D eigenvalue weighted by molar-refractivity contribution is 7.98. The lowest BCUT2D eigenvalue weighted by atomic mass is 10.1. The van der Waals surface area contributed by atoms with E-state index in [0.29, 0.717) is 22.0 Å². The molecule has 2 rings (SSSR count). The van der Waals surface area contributed by atoms with Crippen LogP contribution in [0.25, 0.3) is 0 Å². The van der Waals surface area contributed by atoms with Crippen molar-refractivity contribution in [2.75, 3.05) is 14.2 Å². The standard InChI is InChI=1S/C16H15FO3S/c1-19-15-11(6-5-7-12(15)16(18)20-2)10-21-14-9-4-3-8-13(14)17/h3-9H,10H2,1-2H3. The molecule has 0 aliphatic heterocycles. The molecule has 2 aromatic rings. The Morgan fingerprint density at radius 1 is 1.14 bits per heavy atom. The number of thioether (sulfide) groups is 1. The first-order valence-electron chi connectivity index (χ1n) is 6.29. The molecule has 0 aliphatic rings. The predicted octanol–water partition coefficient (Wildman–Crippen LogP) is 3.91. The Hall–Kier alpha value is -2.01. The van der Waals surface area contributed by atoms with Gasteiger partial charge in [0.2, 0.25) is 0 Å². The van der Waals surface area contributed by atoms with Crippen LogP contribution < -0.4 is 4.74 Å². The van der Waals surface area contributed by atoms with Crippen molar-refractivity contribution in [1.82, 2.24) is 0 Å². The Kier molecular flexibility index (Phi) is 5.22. The van der Waals surface area contributed by atoms with Gasteiger partial charge in [-0.1, -0.05) is 24.3 Å². The predicted molar refractivity (Wildman–Crippen MR) is 80.3 cm³/mol. The number of benzene rings is 2. The van der Waals surface area contributed by atoms with Crippen molar-refractivity contribution < 1.29 is 18.7 Å². The van der Waals surface area contributed by atoms with Gasteiger partial charge in [-0.2, -0.15) is 0 Å². The van der Waals surface area contributed by atoms with Gasteiger partial charge in [0.15, 0.2) is 0 Å². The van der Waals surface area contributed by atoms with Crippen LogP contribution >= 0.6 is 11.8 Å². The van der Waals surface area contributed by atoms with Crippen LogP contribution in [-0.2, 0) is 10.5 Å². The van der Waals surface area contributed by atoms with Gasteiger partial charge >= 0.3 is 5.97 Å². The van der Waals surface area contributed by atoms with Crippen molar-refractivity contribution in [2.45, 2.75) is 10.6 Å². The molecule has 0 heterocycles. The van der Waals surface area contributed by atoms with Crippen molar-refractivity contribution >= 4 is 17.7 Å². The summed E-state index contributed by atoms with van der Waals surface area (Å²) in [6.45, 7) is 0. The lowest BCUT2D eigenvalue weighted by Crippen LogP contribution is -2.05. The minimum Gasteiger partial charge on any atom is -0.496 e. The fourth-order valence-electron chi connectivity index (χ4n) is 1.93. The summed E-state index contributed by atoms with van der Waals surface area (Å²) in [7, 11) is 2.82. The van der Waals surface area contributed by atoms with E-state index < -0.39 is 5.97 Å². The molecular formula is C16H15FO3S. The van der Waals surface area contributed by atoms with E-state index in [1.807, 2.05) is 6.07 Å². The first kappa shape index (κ1) is 15.4. The summed E-state index contributed by atoms with van der Waals surface area (Å²) in [6, 6.07) is 11.8. The Morgan fingerprint density at radius 3 is 2.57 bits per heavy atom. The molecule has 0 fully saturated rings. The van der Waals surface area contributed by atoms with Crippen LogP contribution in [0.1, 0.15) is 15.9 Å². The van der Waals surface area contributed by atoms with Gasteiger partial charge in [-0.3, -0.25) is 0 Å². The topological polar surface area (TPSA) is 35.5 Å². The van der Waals surface area contributed by atoms with E-state index in [0.717, 1.165) is 5.56 Å². The van der Waals surface area contributed by atoms with E-state index in [1.54, 1.807) is 30.3 Å². The summed E-state index contributed by atoms with van der Waals surface area (Å²) in [5.41, 5.74) is 1.18. The molecule has 110 valence electrons. The van der Waals surface area contributed by atoms with Gasteiger partial charge in [0.1, 0.15) is 17.1 Å². The lowest BCUT2D eigenvalue weighted by Gasteiger charge is -2.12. The maximum Gasteiger partial charge on any atom is 0.341 e. The Morgan fingerprint density at radius 2 is 1.90 bits per heavy atom. The Bertz CT molecular complexity index is 643. The number of rotatable bonds is 5. The van der Waals surface area contributed by atoms with Gasteiger partial charge in [-0.05, 0) is 18.2 Å². The smallest absolute Gasteiger partial charge is 0.341 e. The zero-order chi connectivity index (χ0) is 15.2. The molecule has 0 radical (unpaired) electrons. The van der Waals surface area contributed by atoms with Gasteiger partial charge in [0.25, 0.3) is 0 Å². The van der Waals surface area contributed by atoms with Gasteiger partial charge < -0.3 is 9.47 Å². The highest BCUT2D eigenvalue weighted by Gasteiger charge is 2.16. The van der Waals surface area contributed by atoms with Crippen LogP contribution in [0.4, 0.5) is 4.39 Å². The molecule has 0 N–H and O–H groups in total. The van der Waals surface area contributed by atoms with Crippen LogP contribution in [0.5, 0.6) is 5.75 Å². The Balaban J connectivity index is 2.24. The quantitative estimate of drug-likeness (QED) is 0.620. The van der Waals surface area contributed by atoms with E-state index in [9.17, 15) is 9.18 Å². The summed E-state index contributed by atoms with van der Waals surface area (Å²) >= 11 is 1.35. The zero-order valence-corrected chi connectivity index (χ0v) is 12.6. The number of hydrogen-bond acceptors (Lipinski definition) is 4. The molecule has 21 heavy (non-hydrogen) atoms. The Labute approximate surface area is 127 Å². The monoisotopic (exact) mass is 306 g/mol. The number of para-hydroxylation sites is 1. The van der Waals surface area contributed by atoms with Crippen molar-refractivity contribution in [3.8, 4) is 5.75 Å². The van der Waals surface area contributed by atoms with Crippen LogP contribution in [-0.4, -0.2) is 20.2 Å². The van der Waals surface area contributed by atoms with Crippen molar-refractivity contribution in [3.05, 3.63) is 59.4 Å². The third-order valence-corrected chi connectivity index (χ3v) is 4.02. The molecule has 0 atom stereocenters. The average molecular weight is 306 g/mol. The SMILES string of the molecule is COC(=O)c1cccc(CSc2ccccc2F)c1OC. The maximum atomic E-state index is 13.6. The summed E-state index contributed by atoms with van der Waals surface area (Å²) in [6.07, 6.45) is 0. The summed E-state index contributed by atoms with van der Waals surface area (Å²) in [5, 5.41) is 0.